The normalized spacial score (nSPS) is 10.1. The lowest BCUT2D eigenvalue weighted by Gasteiger charge is -2.23. The summed E-state index contributed by atoms with van der Waals surface area (Å²) in [6.07, 6.45) is 1.64. The number of nitrogens with two attached hydrogens (primary N) is 1. The zero-order chi connectivity index (χ0) is 14.3. The second kappa shape index (κ2) is 7.52. The molecular weight excluding hydrogens is 244 g/mol. The fourth-order valence-electron chi connectivity index (χ4n) is 1.67. The highest BCUT2D eigenvalue weighted by Crippen LogP contribution is 2.16. The molecule has 0 atom stereocenters. The average Bonchev–Trinajstić information content (AvgIpc) is 2.45. The van der Waals surface area contributed by atoms with E-state index in [1.807, 2.05) is 11.8 Å². The number of hydrogen-bond acceptors (Lipinski definition) is 6. The zero-order valence-corrected chi connectivity index (χ0v) is 11.7. The summed E-state index contributed by atoms with van der Waals surface area (Å²) in [4.78, 5) is 22.1. The van der Waals surface area contributed by atoms with Gasteiger partial charge in [-0.05, 0) is 6.42 Å². The monoisotopic (exact) mass is 266 g/mol. The maximum Gasteiger partial charge on any atom is 0.239 e. The Balaban J connectivity index is 3.02. The van der Waals surface area contributed by atoms with Crippen LogP contribution in [0.4, 0.5) is 11.6 Å². The molecule has 0 aliphatic heterocycles. The van der Waals surface area contributed by atoms with Crippen LogP contribution in [0.2, 0.25) is 0 Å². The largest absolute Gasteiger partial charge is 0.358 e. The van der Waals surface area contributed by atoms with E-state index in [1.54, 1.807) is 13.1 Å². The third-order valence-corrected chi connectivity index (χ3v) is 2.65. The van der Waals surface area contributed by atoms with Crippen LogP contribution in [0.15, 0.2) is 6.07 Å². The summed E-state index contributed by atoms with van der Waals surface area (Å²) in [5, 5.41) is 2.62. The van der Waals surface area contributed by atoms with E-state index in [0.29, 0.717) is 23.9 Å². The van der Waals surface area contributed by atoms with Crippen molar-refractivity contribution in [3.63, 3.8) is 0 Å². The van der Waals surface area contributed by atoms with Crippen LogP contribution in [0.5, 0.6) is 0 Å². The van der Waals surface area contributed by atoms with E-state index in [9.17, 15) is 4.79 Å². The predicted octanol–water partition coefficient (Wildman–Crippen LogP) is 0.287. The fraction of sp³-hybridized carbons (Fsp3) is 0.583. The first-order chi connectivity index (χ1) is 9.14. The Morgan fingerprint density at radius 2 is 2.16 bits per heavy atom. The summed E-state index contributed by atoms with van der Waals surface area (Å²) in [6.45, 7) is 5.05. The van der Waals surface area contributed by atoms with Gasteiger partial charge in [0.2, 0.25) is 5.91 Å². The van der Waals surface area contributed by atoms with Crippen molar-refractivity contribution in [2.24, 2.45) is 5.84 Å². The third-order valence-electron chi connectivity index (χ3n) is 2.65. The highest BCUT2D eigenvalue weighted by molar-refractivity contribution is 5.80. The Labute approximate surface area is 113 Å². The Morgan fingerprint density at radius 1 is 1.42 bits per heavy atom. The molecule has 7 heteroatoms. The molecule has 0 aliphatic rings. The van der Waals surface area contributed by atoms with Gasteiger partial charge in [-0.15, -0.1) is 0 Å². The summed E-state index contributed by atoms with van der Waals surface area (Å²) < 4.78 is 0. The number of carbonyl (C=O) groups is 1. The van der Waals surface area contributed by atoms with E-state index in [4.69, 9.17) is 5.84 Å². The molecule has 1 aromatic heterocycles. The Kier molecular flexibility index (Phi) is 6.01. The maximum atomic E-state index is 11.5. The van der Waals surface area contributed by atoms with Gasteiger partial charge in [-0.1, -0.05) is 13.8 Å². The van der Waals surface area contributed by atoms with Crippen molar-refractivity contribution >= 4 is 17.5 Å². The molecular formula is C12H22N6O. The molecule has 0 unspecified atom stereocenters. The Hall–Kier alpha value is -1.89. The van der Waals surface area contributed by atoms with E-state index < -0.39 is 0 Å². The molecule has 1 heterocycles. The number of aromatic nitrogens is 2. The number of rotatable bonds is 7. The molecule has 7 nitrogen and oxygen atoms in total. The molecule has 1 amide bonds. The third kappa shape index (κ3) is 4.36. The number of carbonyl (C=O) groups excluding carboxylic acids is 1. The van der Waals surface area contributed by atoms with Gasteiger partial charge in [0.25, 0.3) is 0 Å². The predicted molar refractivity (Wildman–Crippen MR) is 75.8 cm³/mol. The minimum Gasteiger partial charge on any atom is -0.358 e. The lowest BCUT2D eigenvalue weighted by molar-refractivity contribution is -0.119. The molecule has 0 bridgehead atoms. The molecule has 0 aromatic carbocycles. The van der Waals surface area contributed by atoms with Crippen LogP contribution in [-0.4, -0.2) is 36.0 Å². The molecule has 0 radical (unpaired) electrons. The first-order valence-electron chi connectivity index (χ1n) is 6.44. The SMILES string of the molecule is CCCN(CC(=O)NC)c1cc(NN)nc(CC)n1. The first-order valence-corrected chi connectivity index (χ1v) is 6.44. The molecule has 0 saturated heterocycles. The van der Waals surface area contributed by atoms with Crippen molar-refractivity contribution in [3.8, 4) is 0 Å². The standard InChI is InChI=1S/C12H22N6O/c1-4-6-18(8-12(19)14-3)11-7-10(17-13)15-9(5-2)16-11/h7H,4-6,8,13H2,1-3H3,(H,14,19)(H,15,16,17). The molecule has 4 N–H and O–H groups in total. The van der Waals surface area contributed by atoms with Gasteiger partial charge in [0, 0.05) is 26.1 Å². The van der Waals surface area contributed by atoms with Gasteiger partial charge in [-0.25, -0.2) is 15.8 Å². The second-order valence-corrected chi connectivity index (χ2v) is 4.12. The van der Waals surface area contributed by atoms with Gasteiger partial charge >= 0.3 is 0 Å². The van der Waals surface area contributed by atoms with Crippen molar-refractivity contribution < 1.29 is 4.79 Å². The lowest BCUT2D eigenvalue weighted by Crippen LogP contribution is -2.36. The summed E-state index contributed by atoms with van der Waals surface area (Å²) in [5.74, 6) is 7.32. The topological polar surface area (TPSA) is 96.2 Å². The number of anilines is 2. The van der Waals surface area contributed by atoms with Crippen LogP contribution in [0, 0.1) is 0 Å². The lowest BCUT2D eigenvalue weighted by atomic mass is 10.3. The Bertz CT molecular complexity index is 400. The average molecular weight is 266 g/mol. The molecule has 1 aromatic rings. The van der Waals surface area contributed by atoms with Crippen molar-refractivity contribution in [1.29, 1.82) is 0 Å². The van der Waals surface area contributed by atoms with Crippen LogP contribution in [0.25, 0.3) is 0 Å². The van der Waals surface area contributed by atoms with Crippen LogP contribution >= 0.6 is 0 Å². The zero-order valence-electron chi connectivity index (χ0n) is 11.7. The summed E-state index contributed by atoms with van der Waals surface area (Å²) in [7, 11) is 1.62. The number of amides is 1. The van der Waals surface area contributed by atoms with Gasteiger partial charge < -0.3 is 15.6 Å². The fourth-order valence-corrected chi connectivity index (χ4v) is 1.67. The Morgan fingerprint density at radius 3 is 2.68 bits per heavy atom. The van der Waals surface area contributed by atoms with Crippen molar-refractivity contribution in [2.45, 2.75) is 26.7 Å². The van der Waals surface area contributed by atoms with E-state index in [2.05, 4.69) is 27.6 Å². The van der Waals surface area contributed by atoms with Crippen molar-refractivity contribution in [3.05, 3.63) is 11.9 Å². The van der Waals surface area contributed by atoms with Gasteiger partial charge in [-0.2, -0.15) is 0 Å². The summed E-state index contributed by atoms with van der Waals surface area (Å²) in [6, 6.07) is 1.75. The minimum absolute atomic E-state index is 0.0487. The van der Waals surface area contributed by atoms with Crippen LogP contribution in [-0.2, 0) is 11.2 Å². The minimum atomic E-state index is -0.0487. The summed E-state index contributed by atoms with van der Waals surface area (Å²) in [5.41, 5.74) is 2.53. The second-order valence-electron chi connectivity index (χ2n) is 4.12. The number of aryl methyl sites for hydroxylation is 1. The highest BCUT2D eigenvalue weighted by Gasteiger charge is 2.13. The number of hydrogen-bond donors (Lipinski definition) is 3. The summed E-state index contributed by atoms with van der Waals surface area (Å²) >= 11 is 0. The van der Waals surface area contributed by atoms with Crippen LogP contribution in [0.3, 0.4) is 0 Å². The number of likely N-dealkylation sites (N-methyl/N-ethyl adjacent to an activating group) is 1. The smallest absolute Gasteiger partial charge is 0.239 e. The number of nitrogens with one attached hydrogen (secondary N) is 2. The number of nitrogen functional groups attached to an aromatic ring is 1. The molecule has 19 heavy (non-hydrogen) atoms. The van der Waals surface area contributed by atoms with Crippen LogP contribution in [0.1, 0.15) is 26.1 Å². The van der Waals surface area contributed by atoms with Gasteiger partial charge in [0.15, 0.2) is 0 Å². The van der Waals surface area contributed by atoms with Gasteiger partial charge in [0.1, 0.15) is 17.5 Å². The van der Waals surface area contributed by atoms with Gasteiger partial charge in [-0.3, -0.25) is 4.79 Å². The molecule has 0 spiro atoms. The number of hydrazine groups is 1. The molecule has 0 aliphatic carbocycles. The number of nitrogens with zero attached hydrogens (tertiary/aromatic N) is 3. The maximum absolute atomic E-state index is 11.5. The molecule has 0 saturated carbocycles. The van der Waals surface area contributed by atoms with E-state index in [1.165, 1.54) is 0 Å². The quantitative estimate of drug-likeness (QED) is 0.485. The van der Waals surface area contributed by atoms with Crippen molar-refractivity contribution in [1.82, 2.24) is 15.3 Å². The molecule has 106 valence electrons. The first kappa shape index (κ1) is 15.2. The van der Waals surface area contributed by atoms with E-state index >= 15 is 0 Å². The van der Waals surface area contributed by atoms with Crippen molar-refractivity contribution in [2.75, 3.05) is 30.5 Å². The van der Waals surface area contributed by atoms with Crippen LogP contribution < -0.4 is 21.5 Å². The molecule has 0 fully saturated rings. The van der Waals surface area contributed by atoms with E-state index in [0.717, 1.165) is 13.0 Å². The van der Waals surface area contributed by atoms with E-state index in [-0.39, 0.29) is 12.5 Å². The van der Waals surface area contributed by atoms with Gasteiger partial charge in [0.05, 0.1) is 6.54 Å². The highest BCUT2D eigenvalue weighted by atomic mass is 16.1. The molecule has 1 rings (SSSR count).